The number of pyridine rings is 1. The Hall–Kier alpha value is -3.06. The Kier molecular flexibility index (Phi) is 5.63. The predicted molar refractivity (Wildman–Crippen MR) is 115 cm³/mol. The number of carbonyl (C=O) groups excluding carboxylic acids is 1. The molecule has 0 unspecified atom stereocenters. The first-order valence-corrected chi connectivity index (χ1v) is 10.1. The fraction of sp³-hybridized carbons (Fsp3) is 0.273. The zero-order chi connectivity index (χ0) is 21.3. The van der Waals surface area contributed by atoms with Gasteiger partial charge in [0.15, 0.2) is 5.82 Å². The number of anilines is 2. The van der Waals surface area contributed by atoms with Crippen molar-refractivity contribution in [3.63, 3.8) is 0 Å². The average molecular weight is 426 g/mol. The van der Waals surface area contributed by atoms with Crippen molar-refractivity contribution in [3.8, 4) is 11.4 Å². The van der Waals surface area contributed by atoms with E-state index in [0.717, 1.165) is 18.4 Å². The Morgan fingerprint density at radius 3 is 2.77 bits per heavy atom. The molecule has 6 nitrogen and oxygen atoms in total. The summed E-state index contributed by atoms with van der Waals surface area (Å²) in [6.07, 6.45) is 6.78. The molecule has 1 fully saturated rings. The number of aromatic nitrogens is 3. The summed E-state index contributed by atoms with van der Waals surface area (Å²) >= 11 is 6.03. The van der Waals surface area contributed by atoms with Crippen molar-refractivity contribution in [1.82, 2.24) is 20.3 Å². The SMILES string of the molecule is CC(C)c1cnc(-c2cc(Cl)ccc2F)nc1Nc1ccncc1C(=O)NC1CC1. The molecule has 30 heavy (non-hydrogen) atoms. The van der Waals surface area contributed by atoms with Gasteiger partial charge in [0, 0.05) is 35.2 Å². The molecule has 2 heterocycles. The summed E-state index contributed by atoms with van der Waals surface area (Å²) in [5.41, 5.74) is 2.04. The smallest absolute Gasteiger partial charge is 0.255 e. The van der Waals surface area contributed by atoms with E-state index in [2.05, 4.69) is 25.6 Å². The van der Waals surface area contributed by atoms with E-state index in [1.165, 1.54) is 24.4 Å². The minimum Gasteiger partial charge on any atom is -0.349 e. The molecule has 4 rings (SSSR count). The zero-order valence-electron chi connectivity index (χ0n) is 16.6. The van der Waals surface area contributed by atoms with E-state index < -0.39 is 5.82 Å². The fourth-order valence-corrected chi connectivity index (χ4v) is 3.19. The minimum absolute atomic E-state index is 0.108. The molecule has 2 N–H and O–H groups in total. The second-order valence-electron chi connectivity index (χ2n) is 7.57. The van der Waals surface area contributed by atoms with Crippen LogP contribution in [0.15, 0.2) is 42.9 Å². The molecule has 1 aliphatic rings. The van der Waals surface area contributed by atoms with Crippen LogP contribution in [0.1, 0.15) is 48.5 Å². The molecule has 1 amide bonds. The van der Waals surface area contributed by atoms with Crippen LogP contribution in [0.25, 0.3) is 11.4 Å². The average Bonchev–Trinajstić information content (AvgIpc) is 3.54. The van der Waals surface area contributed by atoms with Gasteiger partial charge in [0.2, 0.25) is 0 Å². The summed E-state index contributed by atoms with van der Waals surface area (Å²) in [5.74, 6) is 0.169. The number of benzene rings is 1. The molecule has 1 aromatic carbocycles. The Morgan fingerprint density at radius 2 is 2.03 bits per heavy atom. The number of amides is 1. The van der Waals surface area contributed by atoms with Gasteiger partial charge in [0.1, 0.15) is 11.6 Å². The number of hydrogen-bond acceptors (Lipinski definition) is 5. The van der Waals surface area contributed by atoms with Crippen LogP contribution in [-0.4, -0.2) is 26.9 Å². The van der Waals surface area contributed by atoms with E-state index in [9.17, 15) is 9.18 Å². The standard InChI is InChI=1S/C22H21ClFN5O/c1-12(2)16-11-26-20(15-9-13(23)3-6-18(15)24)29-21(16)28-19-7-8-25-10-17(19)22(30)27-14-4-5-14/h3,6-12,14H,4-5H2,1-2H3,(H,27,30)(H,25,26,28,29). The monoisotopic (exact) mass is 425 g/mol. The van der Waals surface area contributed by atoms with Gasteiger partial charge in [0.25, 0.3) is 5.91 Å². The van der Waals surface area contributed by atoms with Crippen LogP contribution in [0.4, 0.5) is 15.9 Å². The zero-order valence-corrected chi connectivity index (χ0v) is 17.4. The summed E-state index contributed by atoms with van der Waals surface area (Å²) in [4.78, 5) is 25.6. The van der Waals surface area contributed by atoms with Gasteiger partial charge in [-0.1, -0.05) is 25.4 Å². The van der Waals surface area contributed by atoms with Crippen LogP contribution in [0.3, 0.4) is 0 Å². The van der Waals surface area contributed by atoms with Gasteiger partial charge in [0.05, 0.1) is 16.8 Å². The minimum atomic E-state index is -0.462. The predicted octanol–water partition coefficient (Wildman–Crippen LogP) is 5.09. The Bertz CT molecular complexity index is 1100. The second-order valence-corrected chi connectivity index (χ2v) is 8.01. The lowest BCUT2D eigenvalue weighted by Gasteiger charge is -2.16. The van der Waals surface area contributed by atoms with Crippen LogP contribution in [0.2, 0.25) is 5.02 Å². The van der Waals surface area contributed by atoms with Gasteiger partial charge in [-0.05, 0) is 43.0 Å². The van der Waals surface area contributed by atoms with E-state index in [1.54, 1.807) is 18.5 Å². The highest BCUT2D eigenvalue weighted by Gasteiger charge is 2.25. The summed E-state index contributed by atoms with van der Waals surface area (Å²) in [6.45, 7) is 4.02. The van der Waals surface area contributed by atoms with Crippen molar-refractivity contribution >= 4 is 29.0 Å². The van der Waals surface area contributed by atoms with Gasteiger partial charge in [-0.25, -0.2) is 14.4 Å². The third-order valence-electron chi connectivity index (χ3n) is 4.84. The molecule has 2 aromatic heterocycles. The van der Waals surface area contributed by atoms with Gasteiger partial charge >= 0.3 is 0 Å². The molecule has 0 spiro atoms. The number of halogens is 2. The highest BCUT2D eigenvalue weighted by molar-refractivity contribution is 6.30. The maximum Gasteiger partial charge on any atom is 0.255 e. The number of nitrogens with zero attached hydrogens (tertiary/aromatic N) is 3. The molecule has 3 aromatic rings. The largest absolute Gasteiger partial charge is 0.349 e. The molecule has 1 aliphatic carbocycles. The van der Waals surface area contributed by atoms with E-state index in [1.807, 2.05) is 13.8 Å². The van der Waals surface area contributed by atoms with Gasteiger partial charge < -0.3 is 10.6 Å². The Morgan fingerprint density at radius 1 is 1.23 bits per heavy atom. The van der Waals surface area contributed by atoms with Gasteiger partial charge in [-0.15, -0.1) is 0 Å². The van der Waals surface area contributed by atoms with Crippen LogP contribution in [0.5, 0.6) is 0 Å². The molecule has 0 bridgehead atoms. The fourth-order valence-electron chi connectivity index (χ4n) is 3.02. The van der Waals surface area contributed by atoms with Gasteiger partial charge in [-0.3, -0.25) is 9.78 Å². The summed E-state index contributed by atoms with van der Waals surface area (Å²) in [5, 5.41) is 6.60. The maximum absolute atomic E-state index is 14.4. The first-order chi connectivity index (χ1) is 14.4. The van der Waals surface area contributed by atoms with Crippen molar-refractivity contribution in [2.75, 3.05) is 5.32 Å². The van der Waals surface area contributed by atoms with Crippen molar-refractivity contribution in [2.45, 2.75) is 38.6 Å². The van der Waals surface area contributed by atoms with Crippen LogP contribution in [0, 0.1) is 5.82 Å². The first kappa shape index (κ1) is 20.2. The number of rotatable bonds is 6. The number of hydrogen-bond donors (Lipinski definition) is 2. The van der Waals surface area contributed by atoms with Crippen LogP contribution in [-0.2, 0) is 0 Å². The van der Waals surface area contributed by atoms with E-state index >= 15 is 0 Å². The summed E-state index contributed by atoms with van der Waals surface area (Å²) in [6, 6.07) is 6.20. The van der Waals surface area contributed by atoms with Crippen molar-refractivity contribution in [1.29, 1.82) is 0 Å². The third kappa shape index (κ3) is 4.41. The lowest BCUT2D eigenvalue weighted by molar-refractivity contribution is 0.0951. The normalized spacial score (nSPS) is 13.4. The highest BCUT2D eigenvalue weighted by atomic mass is 35.5. The second kappa shape index (κ2) is 8.36. The lowest BCUT2D eigenvalue weighted by atomic mass is 10.1. The maximum atomic E-state index is 14.4. The summed E-state index contributed by atoms with van der Waals surface area (Å²) < 4.78 is 14.4. The molecule has 1 saturated carbocycles. The molecule has 0 atom stereocenters. The van der Waals surface area contributed by atoms with E-state index in [4.69, 9.17) is 11.6 Å². The Labute approximate surface area is 178 Å². The molecular formula is C22H21ClFN5O. The first-order valence-electron chi connectivity index (χ1n) is 9.76. The molecule has 8 heteroatoms. The third-order valence-corrected chi connectivity index (χ3v) is 5.07. The molecule has 0 saturated heterocycles. The topological polar surface area (TPSA) is 79.8 Å². The quantitative estimate of drug-likeness (QED) is 0.575. The molecule has 0 radical (unpaired) electrons. The lowest BCUT2D eigenvalue weighted by Crippen LogP contribution is -2.26. The number of nitrogens with one attached hydrogen (secondary N) is 2. The molecule has 154 valence electrons. The van der Waals surface area contributed by atoms with Crippen LogP contribution < -0.4 is 10.6 Å². The number of carbonyl (C=O) groups is 1. The van der Waals surface area contributed by atoms with Crippen molar-refractivity contribution in [2.24, 2.45) is 0 Å². The highest BCUT2D eigenvalue weighted by Crippen LogP contribution is 2.30. The van der Waals surface area contributed by atoms with Crippen molar-refractivity contribution < 1.29 is 9.18 Å². The van der Waals surface area contributed by atoms with E-state index in [-0.39, 0.29) is 29.3 Å². The van der Waals surface area contributed by atoms with E-state index in [0.29, 0.717) is 22.1 Å². The molecular weight excluding hydrogens is 405 g/mol. The van der Waals surface area contributed by atoms with Crippen molar-refractivity contribution in [3.05, 3.63) is 64.8 Å². The van der Waals surface area contributed by atoms with Gasteiger partial charge in [-0.2, -0.15) is 0 Å². The molecule has 0 aliphatic heterocycles. The van der Waals surface area contributed by atoms with Crippen LogP contribution >= 0.6 is 11.6 Å². The summed E-state index contributed by atoms with van der Waals surface area (Å²) in [7, 11) is 0. The Balaban J connectivity index is 1.73.